The van der Waals surface area contributed by atoms with Crippen molar-refractivity contribution >= 4 is 0 Å². The summed E-state index contributed by atoms with van der Waals surface area (Å²) in [6.07, 6.45) is 0.596. The highest BCUT2D eigenvalue weighted by molar-refractivity contribution is 5.19. The summed E-state index contributed by atoms with van der Waals surface area (Å²) in [4.78, 5) is 0. The fourth-order valence-corrected chi connectivity index (χ4v) is 1.72. The molecule has 0 amide bonds. The van der Waals surface area contributed by atoms with Crippen LogP contribution < -0.4 is 5.32 Å². The van der Waals surface area contributed by atoms with Crippen molar-refractivity contribution in [3.63, 3.8) is 0 Å². The Bertz CT molecular complexity index is 372. The molecule has 0 spiro atoms. The first-order valence-corrected chi connectivity index (χ1v) is 5.97. The average Bonchev–Trinajstić information content (AvgIpc) is 2.20. The quantitative estimate of drug-likeness (QED) is 0.831. The lowest BCUT2D eigenvalue weighted by Gasteiger charge is -2.26. The number of nitrogens with one attached hydrogen (secondary N) is 1. The van der Waals surface area contributed by atoms with E-state index in [9.17, 15) is 8.78 Å². The molecule has 96 valence electrons. The number of hydrogen-bond acceptors (Lipinski definition) is 1. The Morgan fingerprint density at radius 3 is 2.41 bits per heavy atom. The van der Waals surface area contributed by atoms with Crippen LogP contribution in [0.1, 0.15) is 33.3 Å². The van der Waals surface area contributed by atoms with E-state index in [4.69, 9.17) is 0 Å². The van der Waals surface area contributed by atoms with Crippen molar-refractivity contribution in [2.24, 2.45) is 5.41 Å². The lowest BCUT2D eigenvalue weighted by atomic mass is 9.85. The van der Waals surface area contributed by atoms with Crippen LogP contribution >= 0.6 is 0 Å². The number of benzene rings is 1. The summed E-state index contributed by atoms with van der Waals surface area (Å²) < 4.78 is 26.3. The Hall–Kier alpha value is -0.960. The smallest absolute Gasteiger partial charge is 0.129 e. The Kier molecular flexibility index (Phi) is 4.63. The molecule has 1 aromatic rings. The van der Waals surface area contributed by atoms with Gasteiger partial charge in [-0.25, -0.2) is 8.78 Å². The SMILES string of the molecule is CC(C)NCC(C)(C)Cc1ccc(F)cc1F. The molecule has 0 saturated heterocycles. The molecule has 0 aliphatic carbocycles. The zero-order chi connectivity index (χ0) is 13.1. The molecule has 3 heteroatoms. The van der Waals surface area contributed by atoms with Crippen molar-refractivity contribution in [2.45, 2.75) is 40.2 Å². The molecule has 17 heavy (non-hydrogen) atoms. The summed E-state index contributed by atoms with van der Waals surface area (Å²) in [5.41, 5.74) is 0.519. The molecule has 0 heterocycles. The minimum atomic E-state index is -0.524. The zero-order valence-electron chi connectivity index (χ0n) is 11.0. The van der Waals surface area contributed by atoms with E-state index in [1.54, 1.807) is 0 Å². The van der Waals surface area contributed by atoms with Gasteiger partial charge >= 0.3 is 0 Å². The number of hydrogen-bond donors (Lipinski definition) is 1. The Labute approximate surface area is 102 Å². The van der Waals surface area contributed by atoms with Gasteiger partial charge in [0.25, 0.3) is 0 Å². The topological polar surface area (TPSA) is 12.0 Å². The molecule has 1 aromatic carbocycles. The molecule has 0 radical (unpaired) electrons. The van der Waals surface area contributed by atoms with Crippen LogP contribution in [-0.4, -0.2) is 12.6 Å². The molecule has 0 atom stereocenters. The van der Waals surface area contributed by atoms with E-state index < -0.39 is 11.6 Å². The molecule has 0 aliphatic heterocycles. The van der Waals surface area contributed by atoms with Gasteiger partial charge in [0.1, 0.15) is 11.6 Å². The largest absolute Gasteiger partial charge is 0.314 e. The molecule has 0 unspecified atom stereocenters. The van der Waals surface area contributed by atoms with Crippen LogP contribution in [0.2, 0.25) is 0 Å². The van der Waals surface area contributed by atoms with Gasteiger partial charge in [0.15, 0.2) is 0 Å². The van der Waals surface area contributed by atoms with Crippen LogP contribution in [0.25, 0.3) is 0 Å². The molecule has 0 fully saturated rings. The predicted molar refractivity (Wildman–Crippen MR) is 67.0 cm³/mol. The Morgan fingerprint density at radius 1 is 1.24 bits per heavy atom. The second-order valence-corrected chi connectivity index (χ2v) is 5.61. The van der Waals surface area contributed by atoms with Crippen molar-refractivity contribution in [3.8, 4) is 0 Å². The summed E-state index contributed by atoms with van der Waals surface area (Å²) in [6.45, 7) is 9.11. The van der Waals surface area contributed by atoms with E-state index >= 15 is 0 Å². The van der Waals surface area contributed by atoms with Gasteiger partial charge in [0, 0.05) is 18.7 Å². The van der Waals surface area contributed by atoms with E-state index in [0.717, 1.165) is 12.6 Å². The van der Waals surface area contributed by atoms with E-state index in [-0.39, 0.29) is 5.41 Å². The first-order chi connectivity index (χ1) is 7.80. The third-order valence-electron chi connectivity index (χ3n) is 2.67. The van der Waals surface area contributed by atoms with Crippen molar-refractivity contribution in [1.29, 1.82) is 0 Å². The fourth-order valence-electron chi connectivity index (χ4n) is 1.72. The van der Waals surface area contributed by atoms with Gasteiger partial charge in [-0.05, 0) is 23.5 Å². The number of rotatable bonds is 5. The van der Waals surface area contributed by atoms with Crippen molar-refractivity contribution in [1.82, 2.24) is 5.32 Å². The van der Waals surface area contributed by atoms with Gasteiger partial charge in [0.05, 0.1) is 0 Å². The molecule has 1 nitrogen and oxygen atoms in total. The summed E-state index contributed by atoms with van der Waals surface area (Å²) >= 11 is 0. The van der Waals surface area contributed by atoms with Gasteiger partial charge in [-0.1, -0.05) is 33.8 Å². The first-order valence-electron chi connectivity index (χ1n) is 5.97. The third kappa shape index (κ3) is 4.82. The maximum Gasteiger partial charge on any atom is 0.129 e. The van der Waals surface area contributed by atoms with Gasteiger partial charge in [-0.15, -0.1) is 0 Å². The molecule has 0 aromatic heterocycles. The molecule has 1 N–H and O–H groups in total. The third-order valence-corrected chi connectivity index (χ3v) is 2.67. The number of halogens is 2. The standard InChI is InChI=1S/C14H21F2N/c1-10(2)17-9-14(3,4)8-11-5-6-12(15)7-13(11)16/h5-7,10,17H,8-9H2,1-4H3. The lowest BCUT2D eigenvalue weighted by Crippen LogP contribution is -2.35. The molecule has 0 saturated carbocycles. The highest BCUT2D eigenvalue weighted by Crippen LogP contribution is 2.23. The minimum absolute atomic E-state index is 0.0526. The summed E-state index contributed by atoms with van der Waals surface area (Å²) in [7, 11) is 0. The van der Waals surface area contributed by atoms with E-state index in [2.05, 4.69) is 33.0 Å². The minimum Gasteiger partial charge on any atom is -0.314 e. The molecule has 0 bridgehead atoms. The summed E-state index contributed by atoms with van der Waals surface area (Å²) in [5, 5.41) is 3.34. The second-order valence-electron chi connectivity index (χ2n) is 5.61. The van der Waals surface area contributed by atoms with E-state index in [1.165, 1.54) is 12.1 Å². The maximum absolute atomic E-state index is 13.5. The fraction of sp³-hybridized carbons (Fsp3) is 0.571. The molecule has 1 rings (SSSR count). The van der Waals surface area contributed by atoms with Gasteiger partial charge in [0.2, 0.25) is 0 Å². The summed E-state index contributed by atoms with van der Waals surface area (Å²) in [5.74, 6) is -0.980. The Balaban J connectivity index is 2.68. The zero-order valence-corrected chi connectivity index (χ0v) is 11.0. The van der Waals surface area contributed by atoms with Crippen LogP contribution in [0.4, 0.5) is 8.78 Å². The summed E-state index contributed by atoms with van der Waals surface area (Å²) in [6, 6.07) is 4.19. The van der Waals surface area contributed by atoms with Gasteiger partial charge < -0.3 is 5.32 Å². The van der Waals surface area contributed by atoms with Crippen LogP contribution in [0.3, 0.4) is 0 Å². The van der Waals surface area contributed by atoms with Crippen molar-refractivity contribution in [2.75, 3.05) is 6.54 Å². The highest BCUT2D eigenvalue weighted by Gasteiger charge is 2.20. The average molecular weight is 241 g/mol. The van der Waals surface area contributed by atoms with Crippen LogP contribution in [0, 0.1) is 17.0 Å². The van der Waals surface area contributed by atoms with Gasteiger partial charge in [-0.3, -0.25) is 0 Å². The van der Waals surface area contributed by atoms with Gasteiger partial charge in [-0.2, -0.15) is 0 Å². The molecular formula is C14H21F2N. The predicted octanol–water partition coefficient (Wildman–Crippen LogP) is 3.53. The molecular weight excluding hydrogens is 220 g/mol. The maximum atomic E-state index is 13.5. The second kappa shape index (κ2) is 5.58. The Morgan fingerprint density at radius 2 is 1.88 bits per heavy atom. The van der Waals surface area contributed by atoms with Crippen molar-refractivity contribution in [3.05, 3.63) is 35.4 Å². The van der Waals surface area contributed by atoms with Crippen LogP contribution in [0.5, 0.6) is 0 Å². The highest BCUT2D eigenvalue weighted by atomic mass is 19.1. The van der Waals surface area contributed by atoms with Crippen LogP contribution in [0.15, 0.2) is 18.2 Å². The normalized spacial score (nSPS) is 12.2. The lowest BCUT2D eigenvalue weighted by molar-refractivity contribution is 0.321. The van der Waals surface area contributed by atoms with Crippen LogP contribution in [-0.2, 0) is 6.42 Å². The van der Waals surface area contributed by atoms with E-state index in [0.29, 0.717) is 18.0 Å². The molecule has 0 aliphatic rings. The first kappa shape index (κ1) is 14.1. The monoisotopic (exact) mass is 241 g/mol. The van der Waals surface area contributed by atoms with E-state index in [1.807, 2.05) is 0 Å². The van der Waals surface area contributed by atoms with Crippen molar-refractivity contribution < 1.29 is 8.78 Å².